The number of nitrogens with one attached hydrogen (secondary N) is 1. The highest BCUT2D eigenvalue weighted by molar-refractivity contribution is 7.99. The van der Waals surface area contributed by atoms with E-state index in [0.717, 1.165) is 6.54 Å². The van der Waals surface area contributed by atoms with Crippen LogP contribution in [0.1, 0.15) is 17.9 Å². The number of hydrogen-bond donors (Lipinski definition) is 1. The molecule has 0 radical (unpaired) electrons. The van der Waals surface area contributed by atoms with E-state index in [1.165, 1.54) is 39.4 Å². The maximum absolute atomic E-state index is 3.37. The molecule has 22 heavy (non-hydrogen) atoms. The van der Waals surface area contributed by atoms with Crippen LogP contribution in [0.3, 0.4) is 0 Å². The lowest BCUT2D eigenvalue weighted by Gasteiger charge is -2.23. The highest BCUT2D eigenvalue weighted by Crippen LogP contribution is 2.44. The lowest BCUT2D eigenvalue weighted by molar-refractivity contribution is 0.599. The van der Waals surface area contributed by atoms with Gasteiger partial charge in [0.1, 0.15) is 0 Å². The van der Waals surface area contributed by atoms with Gasteiger partial charge in [0.05, 0.1) is 10.5 Å². The molecule has 1 N–H and O–H groups in total. The Morgan fingerprint density at radius 1 is 1.09 bits per heavy atom. The third-order valence-corrected chi connectivity index (χ3v) is 5.56. The molecule has 0 saturated carbocycles. The van der Waals surface area contributed by atoms with Crippen molar-refractivity contribution in [2.24, 2.45) is 0 Å². The first-order valence-corrected chi connectivity index (χ1v) is 8.85. The zero-order chi connectivity index (χ0) is 14.9. The molecular formula is C19H20N2S. The standard InChI is InChI=1S/C19H20N2S/c1-20-13-14-11-12-22-19-18(14)16-9-5-6-10-17(16)21(19)15-7-3-2-4-8-15/h2-10,14,20H,11-13H2,1H3. The topological polar surface area (TPSA) is 17.0 Å². The Balaban J connectivity index is 2.02. The molecule has 3 aromatic rings. The summed E-state index contributed by atoms with van der Waals surface area (Å²) in [7, 11) is 2.05. The quantitative estimate of drug-likeness (QED) is 0.771. The average molecular weight is 308 g/mol. The maximum atomic E-state index is 3.37. The molecule has 1 aliphatic rings. The first-order valence-electron chi connectivity index (χ1n) is 7.86. The first-order chi connectivity index (χ1) is 10.9. The van der Waals surface area contributed by atoms with Crippen molar-refractivity contribution in [3.8, 4) is 5.69 Å². The van der Waals surface area contributed by atoms with Gasteiger partial charge in [-0.2, -0.15) is 0 Å². The van der Waals surface area contributed by atoms with Crippen LogP contribution in [0, 0.1) is 0 Å². The van der Waals surface area contributed by atoms with Crippen molar-refractivity contribution in [2.75, 3.05) is 19.3 Å². The lowest BCUT2D eigenvalue weighted by Crippen LogP contribution is -2.20. The summed E-state index contributed by atoms with van der Waals surface area (Å²) in [6.45, 7) is 1.05. The van der Waals surface area contributed by atoms with Crippen LogP contribution < -0.4 is 5.32 Å². The van der Waals surface area contributed by atoms with E-state index in [4.69, 9.17) is 0 Å². The van der Waals surface area contributed by atoms with Gasteiger partial charge in [0, 0.05) is 29.3 Å². The van der Waals surface area contributed by atoms with E-state index in [-0.39, 0.29) is 0 Å². The van der Waals surface area contributed by atoms with Gasteiger partial charge in [-0.25, -0.2) is 0 Å². The summed E-state index contributed by atoms with van der Waals surface area (Å²) in [6.07, 6.45) is 1.25. The van der Waals surface area contributed by atoms with Crippen LogP contribution in [-0.4, -0.2) is 23.9 Å². The van der Waals surface area contributed by atoms with E-state index in [0.29, 0.717) is 5.92 Å². The first kappa shape index (κ1) is 13.9. The molecule has 0 spiro atoms. The molecule has 0 bridgehead atoms. The number of nitrogens with zero attached hydrogens (tertiary/aromatic N) is 1. The summed E-state index contributed by atoms with van der Waals surface area (Å²) in [6, 6.07) is 19.6. The fraction of sp³-hybridized carbons (Fsp3) is 0.263. The van der Waals surface area contributed by atoms with Gasteiger partial charge in [0.25, 0.3) is 0 Å². The van der Waals surface area contributed by atoms with Crippen LogP contribution in [0.15, 0.2) is 59.6 Å². The molecule has 1 atom stereocenters. The second kappa shape index (κ2) is 5.82. The number of thioether (sulfide) groups is 1. The molecule has 2 aromatic carbocycles. The van der Waals surface area contributed by atoms with Crippen LogP contribution in [0.25, 0.3) is 16.6 Å². The molecule has 1 unspecified atom stereocenters. The Kier molecular flexibility index (Phi) is 3.68. The summed E-state index contributed by atoms with van der Waals surface area (Å²) in [4.78, 5) is 0. The van der Waals surface area contributed by atoms with Gasteiger partial charge in [-0.15, -0.1) is 11.8 Å². The number of fused-ring (bicyclic) bond motifs is 3. The summed E-state index contributed by atoms with van der Waals surface area (Å²) in [5.74, 6) is 1.80. The fourth-order valence-electron chi connectivity index (χ4n) is 3.50. The van der Waals surface area contributed by atoms with Crippen molar-refractivity contribution in [1.29, 1.82) is 0 Å². The van der Waals surface area contributed by atoms with Crippen LogP contribution >= 0.6 is 11.8 Å². The number of aromatic nitrogens is 1. The Bertz CT molecular complexity index is 792. The Morgan fingerprint density at radius 2 is 1.86 bits per heavy atom. The van der Waals surface area contributed by atoms with Gasteiger partial charge < -0.3 is 9.88 Å². The third kappa shape index (κ3) is 2.16. The smallest absolute Gasteiger partial charge is 0.0841 e. The minimum absolute atomic E-state index is 0.608. The maximum Gasteiger partial charge on any atom is 0.0841 e. The van der Waals surface area contributed by atoms with Gasteiger partial charge in [-0.1, -0.05) is 36.4 Å². The van der Waals surface area contributed by atoms with E-state index in [1.54, 1.807) is 0 Å². The Morgan fingerprint density at radius 3 is 2.68 bits per heavy atom. The van der Waals surface area contributed by atoms with E-state index in [9.17, 15) is 0 Å². The second-order valence-electron chi connectivity index (χ2n) is 5.80. The zero-order valence-corrected chi connectivity index (χ0v) is 13.6. The van der Waals surface area contributed by atoms with Crippen molar-refractivity contribution in [3.05, 3.63) is 60.2 Å². The van der Waals surface area contributed by atoms with Gasteiger partial charge >= 0.3 is 0 Å². The number of hydrogen-bond acceptors (Lipinski definition) is 2. The molecule has 0 amide bonds. The normalized spacial score (nSPS) is 17.6. The van der Waals surface area contributed by atoms with Crippen LogP contribution in [-0.2, 0) is 0 Å². The van der Waals surface area contributed by atoms with Crippen molar-refractivity contribution >= 4 is 22.7 Å². The largest absolute Gasteiger partial charge is 0.319 e. The summed E-state index contributed by atoms with van der Waals surface area (Å²) >= 11 is 2.00. The average Bonchev–Trinajstić information content (AvgIpc) is 2.91. The van der Waals surface area contributed by atoms with Gasteiger partial charge in [0.2, 0.25) is 0 Å². The van der Waals surface area contributed by atoms with Gasteiger partial charge in [-0.3, -0.25) is 0 Å². The van der Waals surface area contributed by atoms with E-state index < -0.39 is 0 Å². The molecule has 3 heteroatoms. The molecule has 2 nitrogen and oxygen atoms in total. The zero-order valence-electron chi connectivity index (χ0n) is 12.8. The van der Waals surface area contributed by atoms with Crippen molar-refractivity contribution < 1.29 is 0 Å². The summed E-state index contributed by atoms with van der Waals surface area (Å²) in [5.41, 5.74) is 4.12. The molecule has 1 aliphatic heterocycles. The van der Waals surface area contributed by atoms with Crippen molar-refractivity contribution in [1.82, 2.24) is 9.88 Å². The monoisotopic (exact) mass is 308 g/mol. The minimum atomic E-state index is 0.608. The molecule has 112 valence electrons. The third-order valence-electron chi connectivity index (χ3n) is 4.45. The van der Waals surface area contributed by atoms with Crippen LogP contribution in [0.5, 0.6) is 0 Å². The number of para-hydroxylation sites is 2. The summed E-state index contributed by atoms with van der Waals surface area (Å²) in [5, 5.41) is 6.21. The van der Waals surface area contributed by atoms with E-state index in [1.807, 2.05) is 11.8 Å². The number of benzene rings is 2. The highest BCUT2D eigenvalue weighted by atomic mass is 32.2. The second-order valence-corrected chi connectivity index (χ2v) is 6.88. The highest BCUT2D eigenvalue weighted by Gasteiger charge is 2.27. The molecule has 0 fully saturated rings. The molecule has 1 aromatic heterocycles. The molecule has 4 rings (SSSR count). The Labute approximate surface area is 135 Å². The molecule has 0 aliphatic carbocycles. The van der Waals surface area contributed by atoms with Crippen LogP contribution in [0.4, 0.5) is 0 Å². The van der Waals surface area contributed by atoms with E-state index in [2.05, 4.69) is 71.5 Å². The fourth-order valence-corrected chi connectivity index (χ4v) is 4.87. The van der Waals surface area contributed by atoms with E-state index >= 15 is 0 Å². The molecular weight excluding hydrogens is 288 g/mol. The number of rotatable bonds is 3. The van der Waals surface area contributed by atoms with Crippen LogP contribution in [0.2, 0.25) is 0 Å². The predicted octanol–water partition coefficient (Wildman–Crippen LogP) is 4.43. The number of likely N-dealkylation sites (N-methyl/N-ethyl adjacent to an activating group) is 1. The van der Waals surface area contributed by atoms with Gasteiger partial charge in [0.15, 0.2) is 0 Å². The minimum Gasteiger partial charge on any atom is -0.319 e. The predicted molar refractivity (Wildman–Crippen MR) is 95.3 cm³/mol. The van der Waals surface area contributed by atoms with Crippen molar-refractivity contribution in [2.45, 2.75) is 17.4 Å². The molecule has 2 heterocycles. The van der Waals surface area contributed by atoms with Crippen molar-refractivity contribution in [3.63, 3.8) is 0 Å². The molecule has 0 saturated heterocycles. The lowest BCUT2D eigenvalue weighted by atomic mass is 9.95. The van der Waals surface area contributed by atoms with Gasteiger partial charge in [-0.05, 0) is 37.2 Å². The summed E-state index contributed by atoms with van der Waals surface area (Å²) < 4.78 is 2.44. The Hall–Kier alpha value is -1.71. The SMILES string of the molecule is CNCC1CCSc2c1c1ccccc1n2-c1ccccc1.